The molecule has 0 unspecified atom stereocenters. The zero-order chi connectivity index (χ0) is 18.1. The van der Waals surface area contributed by atoms with Gasteiger partial charge in [0, 0.05) is 19.1 Å². The highest BCUT2D eigenvalue weighted by Crippen LogP contribution is 2.13. The lowest BCUT2D eigenvalue weighted by molar-refractivity contribution is 0.265. The van der Waals surface area contributed by atoms with Gasteiger partial charge in [-0.15, -0.1) is 0 Å². The van der Waals surface area contributed by atoms with Gasteiger partial charge < -0.3 is 15.1 Å². The van der Waals surface area contributed by atoms with Gasteiger partial charge in [0.25, 0.3) is 0 Å². The molecule has 0 radical (unpaired) electrons. The van der Waals surface area contributed by atoms with Crippen LogP contribution < -0.4 is 10.6 Å². The molecular weight excluding hydrogens is 312 g/mol. The third-order valence-electron chi connectivity index (χ3n) is 4.18. The molecule has 0 saturated heterocycles. The molecule has 0 aliphatic rings. The van der Waals surface area contributed by atoms with Crippen LogP contribution in [0.25, 0.3) is 0 Å². The summed E-state index contributed by atoms with van der Waals surface area (Å²) in [5.74, 6) is 1.69. The second-order valence-corrected chi connectivity index (χ2v) is 6.41. The van der Waals surface area contributed by atoms with E-state index in [1.165, 1.54) is 11.1 Å². The van der Waals surface area contributed by atoms with Crippen molar-refractivity contribution in [2.24, 2.45) is 4.99 Å². The molecule has 0 saturated carbocycles. The Morgan fingerprint density at radius 1 is 1.12 bits per heavy atom. The van der Waals surface area contributed by atoms with Crippen molar-refractivity contribution in [1.29, 1.82) is 0 Å². The molecule has 5 heteroatoms. The van der Waals surface area contributed by atoms with Crippen molar-refractivity contribution in [3.05, 3.63) is 59.5 Å². The Kier molecular flexibility index (Phi) is 7.54. The fraction of sp³-hybridized carbons (Fsp3) is 0.450. The van der Waals surface area contributed by atoms with Crippen molar-refractivity contribution in [3.8, 4) is 0 Å². The highest BCUT2D eigenvalue weighted by atomic mass is 16.3. The minimum Gasteiger partial charge on any atom is -0.467 e. The fourth-order valence-corrected chi connectivity index (χ4v) is 2.41. The molecule has 2 rings (SSSR count). The molecule has 0 spiro atoms. The third kappa shape index (κ3) is 6.27. The first kappa shape index (κ1) is 19.1. The van der Waals surface area contributed by atoms with E-state index in [9.17, 15) is 0 Å². The minimum absolute atomic E-state index is 0.517. The number of hydrogen-bond donors (Lipinski definition) is 2. The summed E-state index contributed by atoms with van der Waals surface area (Å²) in [5.41, 5.74) is 2.58. The van der Waals surface area contributed by atoms with Crippen molar-refractivity contribution >= 4 is 5.96 Å². The van der Waals surface area contributed by atoms with E-state index in [1.807, 2.05) is 12.1 Å². The van der Waals surface area contributed by atoms with Crippen LogP contribution in [0.1, 0.15) is 37.7 Å². The quantitative estimate of drug-likeness (QED) is 0.570. The van der Waals surface area contributed by atoms with Crippen LogP contribution in [0, 0.1) is 0 Å². The summed E-state index contributed by atoms with van der Waals surface area (Å²) < 4.78 is 5.36. The molecule has 0 bridgehead atoms. The van der Waals surface area contributed by atoms with Gasteiger partial charge in [0.2, 0.25) is 0 Å². The Morgan fingerprint density at radius 3 is 2.52 bits per heavy atom. The van der Waals surface area contributed by atoms with E-state index < -0.39 is 0 Å². The Morgan fingerprint density at radius 2 is 1.88 bits per heavy atom. The summed E-state index contributed by atoms with van der Waals surface area (Å²) in [4.78, 5) is 7.07. The van der Waals surface area contributed by atoms with Gasteiger partial charge in [-0.2, -0.15) is 0 Å². The van der Waals surface area contributed by atoms with Gasteiger partial charge in [-0.1, -0.05) is 24.3 Å². The maximum atomic E-state index is 5.36. The molecule has 25 heavy (non-hydrogen) atoms. The van der Waals surface area contributed by atoms with Crippen LogP contribution in [-0.4, -0.2) is 30.5 Å². The molecule has 1 heterocycles. The molecule has 0 fully saturated rings. The molecule has 136 valence electrons. The van der Waals surface area contributed by atoms with E-state index in [-0.39, 0.29) is 0 Å². The summed E-state index contributed by atoms with van der Waals surface area (Å²) in [6, 6.07) is 12.9. The zero-order valence-corrected chi connectivity index (χ0v) is 15.7. The summed E-state index contributed by atoms with van der Waals surface area (Å²) in [6.45, 7) is 9.51. The molecule has 2 N–H and O–H groups in total. The number of nitrogens with zero attached hydrogens (tertiary/aromatic N) is 2. The summed E-state index contributed by atoms with van der Waals surface area (Å²) in [7, 11) is 2.15. The summed E-state index contributed by atoms with van der Waals surface area (Å²) >= 11 is 0. The van der Waals surface area contributed by atoms with E-state index in [0.717, 1.165) is 24.8 Å². The van der Waals surface area contributed by atoms with Crippen LogP contribution >= 0.6 is 0 Å². The van der Waals surface area contributed by atoms with Crippen molar-refractivity contribution in [2.45, 2.75) is 46.4 Å². The third-order valence-corrected chi connectivity index (χ3v) is 4.18. The average Bonchev–Trinajstić information content (AvgIpc) is 3.12. The second kappa shape index (κ2) is 9.89. The minimum atomic E-state index is 0.517. The van der Waals surface area contributed by atoms with Gasteiger partial charge in [0.1, 0.15) is 5.76 Å². The number of aliphatic imine (C=N–C) groups is 1. The Bertz CT molecular complexity index is 649. The number of furan rings is 1. The lowest BCUT2D eigenvalue weighted by Gasteiger charge is -2.22. The van der Waals surface area contributed by atoms with E-state index in [0.29, 0.717) is 19.1 Å². The number of hydrogen-bond acceptors (Lipinski definition) is 3. The van der Waals surface area contributed by atoms with Gasteiger partial charge in [0.15, 0.2) is 5.96 Å². The maximum absolute atomic E-state index is 5.36. The number of rotatable bonds is 8. The molecular formula is C20H30N4O. The second-order valence-electron chi connectivity index (χ2n) is 6.41. The molecule has 2 aromatic rings. The lowest BCUT2D eigenvalue weighted by atomic mass is 10.1. The predicted molar refractivity (Wildman–Crippen MR) is 103 cm³/mol. The first-order valence-corrected chi connectivity index (χ1v) is 8.91. The predicted octanol–water partition coefficient (Wildman–Crippen LogP) is 3.38. The van der Waals surface area contributed by atoms with Crippen LogP contribution in [0.5, 0.6) is 0 Å². The number of guanidine groups is 1. The molecule has 5 nitrogen and oxygen atoms in total. The fourth-order valence-electron chi connectivity index (χ4n) is 2.41. The van der Waals surface area contributed by atoms with Gasteiger partial charge in [0.05, 0.1) is 19.4 Å². The smallest absolute Gasteiger partial charge is 0.191 e. The molecule has 0 aliphatic carbocycles. The summed E-state index contributed by atoms with van der Waals surface area (Å²) in [5, 5.41) is 6.59. The lowest BCUT2D eigenvalue weighted by Crippen LogP contribution is -2.36. The van der Waals surface area contributed by atoms with Crippen molar-refractivity contribution in [2.75, 3.05) is 13.6 Å². The topological polar surface area (TPSA) is 52.8 Å². The van der Waals surface area contributed by atoms with E-state index >= 15 is 0 Å². The van der Waals surface area contributed by atoms with Gasteiger partial charge in [-0.25, -0.2) is 4.99 Å². The van der Waals surface area contributed by atoms with Crippen LogP contribution in [0.3, 0.4) is 0 Å². The van der Waals surface area contributed by atoms with Gasteiger partial charge >= 0.3 is 0 Å². The Hall–Kier alpha value is -2.27. The zero-order valence-electron chi connectivity index (χ0n) is 15.7. The van der Waals surface area contributed by atoms with Gasteiger partial charge in [-0.05, 0) is 51.1 Å². The molecule has 0 amide bonds. The molecule has 0 aliphatic heterocycles. The first-order chi connectivity index (χ1) is 12.1. The molecule has 1 aromatic carbocycles. The van der Waals surface area contributed by atoms with Crippen molar-refractivity contribution in [1.82, 2.24) is 15.5 Å². The van der Waals surface area contributed by atoms with Crippen molar-refractivity contribution in [3.63, 3.8) is 0 Å². The number of benzene rings is 1. The normalized spacial score (nSPS) is 12.0. The molecule has 0 atom stereocenters. The van der Waals surface area contributed by atoms with E-state index in [2.05, 4.69) is 67.6 Å². The van der Waals surface area contributed by atoms with Crippen LogP contribution in [-0.2, 0) is 19.6 Å². The SMILES string of the molecule is CCNC(=NCc1ccccc1CN(C)C(C)C)NCc1ccco1. The largest absolute Gasteiger partial charge is 0.467 e. The number of nitrogens with one attached hydrogen (secondary N) is 2. The average molecular weight is 342 g/mol. The monoisotopic (exact) mass is 342 g/mol. The first-order valence-electron chi connectivity index (χ1n) is 8.91. The Balaban J connectivity index is 2.03. The van der Waals surface area contributed by atoms with E-state index in [1.54, 1.807) is 6.26 Å². The summed E-state index contributed by atoms with van der Waals surface area (Å²) in [6.07, 6.45) is 1.68. The Labute approximate surface area is 151 Å². The van der Waals surface area contributed by atoms with E-state index in [4.69, 9.17) is 9.41 Å². The van der Waals surface area contributed by atoms with Crippen molar-refractivity contribution < 1.29 is 4.42 Å². The molecule has 1 aromatic heterocycles. The van der Waals surface area contributed by atoms with Crippen LogP contribution in [0.4, 0.5) is 0 Å². The van der Waals surface area contributed by atoms with Gasteiger partial charge in [-0.3, -0.25) is 4.90 Å². The maximum Gasteiger partial charge on any atom is 0.191 e. The van der Waals surface area contributed by atoms with Crippen LogP contribution in [0.15, 0.2) is 52.1 Å². The standard InChI is InChI=1S/C20H30N4O/c1-5-21-20(23-14-19-11-8-12-25-19)22-13-17-9-6-7-10-18(17)15-24(4)16(2)3/h6-12,16H,5,13-15H2,1-4H3,(H2,21,22,23). The highest BCUT2D eigenvalue weighted by molar-refractivity contribution is 5.79. The van der Waals surface area contributed by atoms with Crippen LogP contribution in [0.2, 0.25) is 0 Å². The highest BCUT2D eigenvalue weighted by Gasteiger charge is 2.08.